The summed E-state index contributed by atoms with van der Waals surface area (Å²) in [4.78, 5) is 16.7. The summed E-state index contributed by atoms with van der Waals surface area (Å²) in [6, 6.07) is 6.42. The van der Waals surface area contributed by atoms with E-state index in [1.165, 1.54) is 11.1 Å². The number of aromatic amines is 1. The predicted molar refractivity (Wildman–Crippen MR) is 112 cm³/mol. The van der Waals surface area contributed by atoms with E-state index in [1.54, 1.807) is 17.2 Å². The Morgan fingerprint density at radius 2 is 1.86 bits per heavy atom. The maximum Gasteiger partial charge on any atom is 0.137 e. The summed E-state index contributed by atoms with van der Waals surface area (Å²) >= 11 is 0. The largest absolute Gasteiger partial charge is 0.355 e. The third-order valence-electron chi connectivity index (χ3n) is 5.54. The van der Waals surface area contributed by atoms with Gasteiger partial charge in [0.1, 0.15) is 17.7 Å². The number of imidazole rings is 1. The molecule has 4 aromatic rings. The molecule has 0 spiro atoms. The number of hydrogen-bond donors (Lipinski definition) is 1. The number of fused-ring (bicyclic) bond motifs is 1. The minimum Gasteiger partial charge on any atom is -0.355 e. The van der Waals surface area contributed by atoms with Gasteiger partial charge in [-0.2, -0.15) is 10.2 Å². The fraction of sp³-hybridized carbons (Fsp3) is 0.273. The second-order valence-electron chi connectivity index (χ2n) is 7.74. The van der Waals surface area contributed by atoms with Crippen LogP contribution in [0.15, 0.2) is 42.7 Å². The molecule has 1 radical (unpaired) electrons. The quantitative estimate of drug-likeness (QED) is 0.544. The Morgan fingerprint density at radius 1 is 1.10 bits per heavy atom. The van der Waals surface area contributed by atoms with Gasteiger partial charge in [0.2, 0.25) is 0 Å². The molecule has 4 heterocycles. The first-order valence-corrected chi connectivity index (χ1v) is 9.66. The van der Waals surface area contributed by atoms with Crippen molar-refractivity contribution in [1.82, 2.24) is 29.9 Å². The number of nitrogens with one attached hydrogen (secondary N) is 1. The van der Waals surface area contributed by atoms with Gasteiger partial charge >= 0.3 is 0 Å². The number of benzene rings is 1. The van der Waals surface area contributed by atoms with Crippen molar-refractivity contribution in [1.29, 1.82) is 0 Å². The molecule has 1 N–H and O–H groups in total. The minimum atomic E-state index is 0.0556. The number of H-pyrrole nitrogens is 1. The number of nitrogens with zero attached hydrogens (tertiary/aromatic N) is 6. The number of aryl methyl sites for hydroxylation is 3. The van der Waals surface area contributed by atoms with E-state index in [0.717, 1.165) is 52.5 Å². The van der Waals surface area contributed by atoms with Gasteiger partial charge in [-0.15, -0.1) is 4.80 Å². The normalized spacial score (nSPS) is 16.9. The van der Waals surface area contributed by atoms with E-state index >= 15 is 0 Å². The minimum absolute atomic E-state index is 0.0556. The molecular weight excluding hydrogens is 362 g/mol. The van der Waals surface area contributed by atoms with Crippen molar-refractivity contribution in [3.05, 3.63) is 71.6 Å². The third kappa shape index (κ3) is 2.99. The second kappa shape index (κ2) is 6.55. The molecule has 1 aliphatic heterocycles. The first-order chi connectivity index (χ1) is 14.0. The summed E-state index contributed by atoms with van der Waals surface area (Å²) in [5, 5.41) is 8.56. The van der Waals surface area contributed by atoms with E-state index in [9.17, 15) is 0 Å². The average Bonchev–Trinajstić information content (AvgIpc) is 3.41. The van der Waals surface area contributed by atoms with Crippen molar-refractivity contribution < 1.29 is 0 Å². The molecule has 5 rings (SSSR count). The Bertz CT molecular complexity index is 1180. The van der Waals surface area contributed by atoms with E-state index in [0.29, 0.717) is 0 Å². The number of rotatable bonds is 3. The van der Waals surface area contributed by atoms with Gasteiger partial charge in [-0.1, -0.05) is 12.2 Å². The fourth-order valence-electron chi connectivity index (χ4n) is 3.94. The summed E-state index contributed by atoms with van der Waals surface area (Å²) in [5.41, 5.74) is 8.31. The Morgan fingerprint density at radius 3 is 2.66 bits per heavy atom. The third-order valence-corrected chi connectivity index (χ3v) is 5.54. The standard InChI is InChI=1S/C22H22N7/c1-13-7-20(22-26-17-8-14(2)15(3)9-18(17)27-22)28(12-13)19-10-16(4)23-11-21(19)29-24-5-6-25-29/h5-6,8-10,20H,1,7,12H2,2-4H3,(H,26,27)/t20-/m0/s1. The highest BCUT2D eigenvalue weighted by molar-refractivity contribution is 5.77. The highest BCUT2D eigenvalue weighted by atomic mass is 15.5. The van der Waals surface area contributed by atoms with Crippen LogP contribution in [0.5, 0.6) is 0 Å². The molecule has 1 aliphatic rings. The molecule has 29 heavy (non-hydrogen) atoms. The average molecular weight is 384 g/mol. The maximum absolute atomic E-state index is 4.92. The SMILES string of the molecule is C=C1C[C@@H](c2nc3cc(C)c(C)cc3[nH]2)N(c2cc(C)n[c]c2-n2nccn2)C1. The van der Waals surface area contributed by atoms with Crippen LogP contribution in [0, 0.1) is 27.0 Å². The van der Waals surface area contributed by atoms with Crippen molar-refractivity contribution in [2.75, 3.05) is 11.4 Å². The van der Waals surface area contributed by atoms with Crippen LogP contribution in [0.1, 0.15) is 35.1 Å². The monoisotopic (exact) mass is 384 g/mol. The van der Waals surface area contributed by atoms with Crippen LogP contribution in [0.4, 0.5) is 5.69 Å². The molecule has 1 saturated heterocycles. The maximum atomic E-state index is 4.92. The first-order valence-electron chi connectivity index (χ1n) is 9.66. The van der Waals surface area contributed by atoms with Crippen LogP contribution in [0.3, 0.4) is 0 Å². The van der Waals surface area contributed by atoms with Gasteiger partial charge in [-0.05, 0) is 56.5 Å². The first kappa shape index (κ1) is 17.6. The number of pyridine rings is 1. The smallest absolute Gasteiger partial charge is 0.137 e. The van der Waals surface area contributed by atoms with Crippen molar-refractivity contribution in [2.24, 2.45) is 0 Å². The summed E-state index contributed by atoms with van der Waals surface area (Å²) in [7, 11) is 0. The zero-order valence-corrected chi connectivity index (χ0v) is 16.8. The van der Waals surface area contributed by atoms with E-state index in [1.807, 2.05) is 6.92 Å². The molecule has 0 unspecified atom stereocenters. The number of aromatic nitrogens is 6. The zero-order valence-electron chi connectivity index (χ0n) is 16.8. The van der Waals surface area contributed by atoms with E-state index < -0.39 is 0 Å². The van der Waals surface area contributed by atoms with Crippen molar-refractivity contribution in [3.63, 3.8) is 0 Å². The lowest BCUT2D eigenvalue weighted by Crippen LogP contribution is -2.25. The van der Waals surface area contributed by atoms with E-state index in [2.05, 4.69) is 69.9 Å². The second-order valence-corrected chi connectivity index (χ2v) is 7.74. The molecule has 0 saturated carbocycles. The Kier molecular flexibility index (Phi) is 3.97. The molecule has 7 nitrogen and oxygen atoms in total. The Balaban J connectivity index is 1.62. The van der Waals surface area contributed by atoms with Crippen LogP contribution in [0.25, 0.3) is 16.7 Å². The van der Waals surface area contributed by atoms with Crippen molar-refractivity contribution >= 4 is 16.7 Å². The number of hydrogen-bond acceptors (Lipinski definition) is 5. The zero-order chi connectivity index (χ0) is 20.1. The molecule has 3 aromatic heterocycles. The summed E-state index contributed by atoms with van der Waals surface area (Å²) in [6.07, 6.45) is 7.25. The summed E-state index contributed by atoms with van der Waals surface area (Å²) < 4.78 is 0. The van der Waals surface area contributed by atoms with Crippen LogP contribution >= 0.6 is 0 Å². The molecule has 145 valence electrons. The molecule has 0 amide bonds. The van der Waals surface area contributed by atoms with Crippen molar-refractivity contribution in [3.8, 4) is 5.69 Å². The predicted octanol–water partition coefficient (Wildman–Crippen LogP) is 3.77. The molecule has 0 bridgehead atoms. The van der Waals surface area contributed by atoms with Gasteiger partial charge in [-0.3, -0.25) is 0 Å². The van der Waals surface area contributed by atoms with Gasteiger partial charge < -0.3 is 9.88 Å². The molecule has 0 aliphatic carbocycles. The van der Waals surface area contributed by atoms with Gasteiger partial charge in [0.05, 0.1) is 35.2 Å². The van der Waals surface area contributed by atoms with Gasteiger partial charge in [-0.25, -0.2) is 9.97 Å². The van der Waals surface area contributed by atoms with Gasteiger partial charge in [0.25, 0.3) is 0 Å². The summed E-state index contributed by atoms with van der Waals surface area (Å²) in [6.45, 7) is 11.2. The lowest BCUT2D eigenvalue weighted by molar-refractivity contribution is 0.677. The molecular formula is C22H22N7. The highest BCUT2D eigenvalue weighted by Crippen LogP contribution is 2.40. The molecule has 7 heteroatoms. The van der Waals surface area contributed by atoms with E-state index in [4.69, 9.17) is 4.98 Å². The van der Waals surface area contributed by atoms with Crippen LogP contribution in [-0.2, 0) is 0 Å². The summed E-state index contributed by atoms with van der Waals surface area (Å²) in [5.74, 6) is 0.942. The Labute approximate surface area is 169 Å². The Hall–Kier alpha value is -3.48. The molecule has 1 fully saturated rings. The number of anilines is 1. The lowest BCUT2D eigenvalue weighted by Gasteiger charge is -2.26. The fourth-order valence-corrected chi connectivity index (χ4v) is 3.94. The van der Waals surface area contributed by atoms with Gasteiger partial charge in [0.15, 0.2) is 0 Å². The molecule has 1 atom stereocenters. The highest BCUT2D eigenvalue weighted by Gasteiger charge is 2.33. The van der Waals surface area contributed by atoms with Gasteiger partial charge in [0, 0.05) is 12.2 Å². The van der Waals surface area contributed by atoms with Crippen LogP contribution in [0.2, 0.25) is 0 Å². The van der Waals surface area contributed by atoms with Crippen LogP contribution < -0.4 is 4.90 Å². The van der Waals surface area contributed by atoms with Crippen molar-refractivity contribution in [2.45, 2.75) is 33.2 Å². The van der Waals surface area contributed by atoms with E-state index in [-0.39, 0.29) is 6.04 Å². The van der Waals surface area contributed by atoms with Crippen LogP contribution in [-0.4, -0.2) is 36.5 Å². The molecule has 1 aromatic carbocycles. The lowest BCUT2D eigenvalue weighted by atomic mass is 10.1. The topological polar surface area (TPSA) is 75.5 Å².